The lowest BCUT2D eigenvalue weighted by Gasteiger charge is -2.16. The molecule has 0 saturated heterocycles. The Bertz CT molecular complexity index is 400. The molecule has 0 unspecified atom stereocenters. The molecule has 0 aliphatic rings. The van der Waals surface area contributed by atoms with Gasteiger partial charge in [-0.15, -0.1) is 0 Å². The molecule has 4 nitrogen and oxygen atoms in total. The van der Waals surface area contributed by atoms with Crippen molar-refractivity contribution in [1.82, 2.24) is 4.31 Å². The van der Waals surface area contributed by atoms with Gasteiger partial charge >= 0.3 is 0 Å². The number of benzene rings is 1. The first-order valence-electron chi connectivity index (χ1n) is 4.00. The molecule has 0 aromatic heterocycles. The average Bonchev–Trinajstić information content (AvgIpc) is 2.14. The van der Waals surface area contributed by atoms with Crippen molar-refractivity contribution in [3.05, 3.63) is 48.7 Å². The number of hydrogen-bond donors (Lipinski definition) is 1. The first-order valence-corrected chi connectivity index (χ1v) is 5.50. The van der Waals surface area contributed by atoms with Gasteiger partial charge in [0.15, 0.2) is 0 Å². The van der Waals surface area contributed by atoms with E-state index in [1.54, 1.807) is 0 Å². The molecule has 14 heavy (non-hydrogen) atoms. The Kier molecular flexibility index (Phi) is 3.27. The molecule has 0 bridgehead atoms. The molecule has 0 amide bonds. The molecule has 0 aliphatic heterocycles. The highest BCUT2D eigenvalue weighted by Crippen LogP contribution is 2.06. The van der Waals surface area contributed by atoms with Crippen molar-refractivity contribution in [3.8, 4) is 0 Å². The second-order valence-electron chi connectivity index (χ2n) is 2.76. The summed E-state index contributed by atoms with van der Waals surface area (Å²) in [6.07, 6.45) is 1.20. The minimum Gasteiger partial charge on any atom is -0.261 e. The zero-order chi connectivity index (χ0) is 10.6. The topological polar surface area (TPSA) is 63.4 Å². The first-order chi connectivity index (χ1) is 6.54. The molecule has 0 heterocycles. The van der Waals surface area contributed by atoms with Crippen LogP contribution in [-0.4, -0.2) is 12.7 Å². The van der Waals surface area contributed by atoms with Gasteiger partial charge in [0.25, 0.3) is 10.2 Å². The zero-order valence-corrected chi connectivity index (χ0v) is 8.44. The third-order valence-corrected chi connectivity index (χ3v) is 2.64. The standard InChI is InChI=1S/C9H12N2O2S/c1-2-11(14(10,12)13)8-9-6-4-3-5-7-9/h2-7H,1,8H2,(H2,10,12,13). The average molecular weight is 212 g/mol. The van der Waals surface area contributed by atoms with E-state index in [0.717, 1.165) is 9.87 Å². The van der Waals surface area contributed by atoms with Gasteiger partial charge in [0.2, 0.25) is 0 Å². The van der Waals surface area contributed by atoms with Crippen LogP contribution in [0, 0.1) is 0 Å². The molecule has 0 fully saturated rings. The van der Waals surface area contributed by atoms with Crippen LogP contribution in [0.1, 0.15) is 5.56 Å². The third kappa shape index (κ3) is 2.86. The lowest BCUT2D eigenvalue weighted by atomic mass is 10.2. The van der Waals surface area contributed by atoms with Crippen LogP contribution in [-0.2, 0) is 16.8 Å². The number of nitrogens with zero attached hydrogens (tertiary/aromatic N) is 1. The van der Waals surface area contributed by atoms with Gasteiger partial charge in [-0.2, -0.15) is 8.42 Å². The Morgan fingerprint density at radius 3 is 2.36 bits per heavy atom. The summed E-state index contributed by atoms with van der Waals surface area (Å²) in [5, 5.41) is 4.96. The van der Waals surface area contributed by atoms with Gasteiger partial charge in [0.05, 0.1) is 6.54 Å². The SMILES string of the molecule is C=CN(Cc1ccccc1)S(N)(=O)=O. The number of rotatable bonds is 4. The summed E-state index contributed by atoms with van der Waals surface area (Å²) in [4.78, 5) is 0. The summed E-state index contributed by atoms with van der Waals surface area (Å²) in [6, 6.07) is 9.17. The van der Waals surface area contributed by atoms with Gasteiger partial charge in [-0.3, -0.25) is 4.31 Å². The van der Waals surface area contributed by atoms with E-state index < -0.39 is 10.2 Å². The molecule has 0 radical (unpaired) electrons. The van der Waals surface area contributed by atoms with Crippen LogP contribution in [0.15, 0.2) is 43.1 Å². The molecule has 2 N–H and O–H groups in total. The van der Waals surface area contributed by atoms with Crippen LogP contribution in [0.4, 0.5) is 0 Å². The Morgan fingerprint density at radius 1 is 1.36 bits per heavy atom. The summed E-state index contributed by atoms with van der Waals surface area (Å²) in [5.74, 6) is 0. The number of nitrogens with two attached hydrogens (primary N) is 1. The van der Waals surface area contributed by atoms with E-state index in [0.29, 0.717) is 0 Å². The fourth-order valence-electron chi connectivity index (χ4n) is 1.02. The van der Waals surface area contributed by atoms with Crippen LogP contribution in [0.25, 0.3) is 0 Å². The van der Waals surface area contributed by atoms with Gasteiger partial charge in [-0.1, -0.05) is 36.9 Å². The summed E-state index contributed by atoms with van der Waals surface area (Å²) in [7, 11) is -3.70. The molecule has 0 spiro atoms. The molecule has 0 aliphatic carbocycles. The maximum atomic E-state index is 11.0. The Hall–Kier alpha value is -1.33. The maximum Gasteiger partial charge on any atom is 0.298 e. The fourth-order valence-corrected chi connectivity index (χ4v) is 1.56. The quantitative estimate of drug-likeness (QED) is 0.803. The van der Waals surface area contributed by atoms with Crippen LogP contribution in [0.5, 0.6) is 0 Å². The Morgan fingerprint density at radius 2 is 1.93 bits per heavy atom. The summed E-state index contributed by atoms with van der Waals surface area (Å²) in [5.41, 5.74) is 0.862. The smallest absolute Gasteiger partial charge is 0.261 e. The highest BCUT2D eigenvalue weighted by atomic mass is 32.2. The normalized spacial score (nSPS) is 10.9. The number of hydrogen-bond acceptors (Lipinski definition) is 2. The van der Waals surface area contributed by atoms with Crippen LogP contribution in [0.2, 0.25) is 0 Å². The molecule has 1 aromatic rings. The van der Waals surface area contributed by atoms with E-state index >= 15 is 0 Å². The van der Waals surface area contributed by atoms with Gasteiger partial charge in [0.1, 0.15) is 0 Å². The van der Waals surface area contributed by atoms with Gasteiger partial charge in [0, 0.05) is 6.20 Å². The van der Waals surface area contributed by atoms with Gasteiger partial charge in [-0.05, 0) is 5.56 Å². The second-order valence-corrected chi connectivity index (χ2v) is 4.26. The Labute approximate surface area is 83.8 Å². The Balaban J connectivity index is 2.82. The van der Waals surface area contributed by atoms with Gasteiger partial charge < -0.3 is 0 Å². The lowest BCUT2D eigenvalue weighted by Crippen LogP contribution is -2.31. The fraction of sp³-hybridized carbons (Fsp3) is 0.111. The predicted octanol–water partition coefficient (Wildman–Crippen LogP) is 0.836. The lowest BCUT2D eigenvalue weighted by molar-refractivity contribution is 0.497. The minimum absolute atomic E-state index is 0.211. The molecule has 0 saturated carbocycles. The highest BCUT2D eigenvalue weighted by molar-refractivity contribution is 7.86. The molecular weight excluding hydrogens is 200 g/mol. The largest absolute Gasteiger partial charge is 0.298 e. The van der Waals surface area contributed by atoms with Gasteiger partial charge in [-0.25, -0.2) is 5.14 Å². The molecule has 5 heteroatoms. The van der Waals surface area contributed by atoms with E-state index in [9.17, 15) is 8.42 Å². The van der Waals surface area contributed by atoms with Crippen molar-refractivity contribution in [1.29, 1.82) is 0 Å². The molecule has 76 valence electrons. The molecule has 0 atom stereocenters. The van der Waals surface area contributed by atoms with Crippen molar-refractivity contribution >= 4 is 10.2 Å². The van der Waals surface area contributed by atoms with Crippen LogP contribution < -0.4 is 5.14 Å². The molecule has 1 aromatic carbocycles. The van der Waals surface area contributed by atoms with Crippen molar-refractivity contribution in [2.75, 3.05) is 0 Å². The molecule has 1 rings (SSSR count). The van der Waals surface area contributed by atoms with E-state index in [1.165, 1.54) is 6.20 Å². The van der Waals surface area contributed by atoms with E-state index in [-0.39, 0.29) is 6.54 Å². The second kappa shape index (κ2) is 4.26. The summed E-state index contributed by atoms with van der Waals surface area (Å²) >= 11 is 0. The molecular formula is C9H12N2O2S. The zero-order valence-electron chi connectivity index (χ0n) is 7.63. The van der Waals surface area contributed by atoms with E-state index in [2.05, 4.69) is 6.58 Å². The third-order valence-electron chi connectivity index (χ3n) is 1.71. The highest BCUT2D eigenvalue weighted by Gasteiger charge is 2.11. The van der Waals surface area contributed by atoms with Crippen LogP contribution in [0.3, 0.4) is 0 Å². The van der Waals surface area contributed by atoms with E-state index in [1.807, 2.05) is 30.3 Å². The summed E-state index contributed by atoms with van der Waals surface area (Å²) in [6.45, 7) is 3.60. The van der Waals surface area contributed by atoms with E-state index in [4.69, 9.17) is 5.14 Å². The van der Waals surface area contributed by atoms with Crippen molar-refractivity contribution in [2.45, 2.75) is 6.54 Å². The van der Waals surface area contributed by atoms with Crippen molar-refractivity contribution in [2.24, 2.45) is 5.14 Å². The monoisotopic (exact) mass is 212 g/mol. The minimum atomic E-state index is -3.70. The van der Waals surface area contributed by atoms with Crippen LogP contribution >= 0.6 is 0 Å². The van der Waals surface area contributed by atoms with Crippen molar-refractivity contribution in [3.63, 3.8) is 0 Å². The first kappa shape index (κ1) is 10.7. The van der Waals surface area contributed by atoms with Crippen molar-refractivity contribution < 1.29 is 8.42 Å². The predicted molar refractivity (Wildman–Crippen MR) is 55.3 cm³/mol. The summed E-state index contributed by atoms with van der Waals surface area (Å²) < 4.78 is 23.0. The maximum absolute atomic E-state index is 11.0.